The van der Waals surface area contributed by atoms with E-state index in [1.807, 2.05) is 12.3 Å². The Balaban J connectivity index is 1.47. The summed E-state index contributed by atoms with van der Waals surface area (Å²) in [6.07, 6.45) is 2.70. The van der Waals surface area contributed by atoms with Crippen LogP contribution in [0.5, 0.6) is 0 Å². The lowest BCUT2D eigenvalue weighted by Crippen LogP contribution is -2.49. The van der Waals surface area contributed by atoms with Crippen molar-refractivity contribution in [2.45, 2.75) is 38.0 Å². The number of hydrogen-bond donors (Lipinski definition) is 1. The number of aryl methyl sites for hydroxylation is 2. The van der Waals surface area contributed by atoms with E-state index in [-0.39, 0.29) is 29.8 Å². The van der Waals surface area contributed by atoms with Crippen LogP contribution in [0.4, 0.5) is 0 Å². The lowest BCUT2D eigenvalue weighted by Gasteiger charge is -2.33. The standard InChI is InChI=1S/C21H28N4O4S2/c1-16-15-30-20(23-16)5-3-4-10-22-21(27)18-6-8-19(9-7-18)31(28,29)25-13-11-24(12-14-25)17(2)26/h6-9,15H,3-5,10-14H2,1-2H3,(H,22,27). The van der Waals surface area contributed by atoms with E-state index in [4.69, 9.17) is 0 Å². The maximum absolute atomic E-state index is 12.8. The number of sulfonamides is 1. The Morgan fingerprint density at radius 1 is 1.10 bits per heavy atom. The largest absolute Gasteiger partial charge is 0.352 e. The number of carbonyl (C=O) groups is 2. The maximum Gasteiger partial charge on any atom is 0.251 e. The summed E-state index contributed by atoms with van der Waals surface area (Å²) in [5, 5.41) is 6.02. The quantitative estimate of drug-likeness (QED) is 0.603. The molecule has 0 radical (unpaired) electrons. The highest BCUT2D eigenvalue weighted by Crippen LogP contribution is 2.18. The number of nitrogens with one attached hydrogen (secondary N) is 1. The van der Waals surface area contributed by atoms with Gasteiger partial charge in [-0.2, -0.15) is 4.31 Å². The van der Waals surface area contributed by atoms with Gasteiger partial charge in [-0.1, -0.05) is 0 Å². The average Bonchev–Trinajstić information content (AvgIpc) is 3.18. The molecule has 2 aromatic rings. The molecule has 0 spiro atoms. The third-order valence-corrected chi connectivity index (χ3v) is 8.15. The molecule has 1 aliphatic rings. The zero-order valence-corrected chi connectivity index (χ0v) is 19.5. The van der Waals surface area contributed by atoms with E-state index in [9.17, 15) is 18.0 Å². The molecule has 1 aliphatic heterocycles. The molecule has 168 valence electrons. The number of piperazine rings is 1. The summed E-state index contributed by atoms with van der Waals surface area (Å²) in [6.45, 7) is 5.33. The number of thiazole rings is 1. The number of benzene rings is 1. The van der Waals surface area contributed by atoms with E-state index < -0.39 is 10.0 Å². The average molecular weight is 465 g/mol. The summed E-state index contributed by atoms with van der Waals surface area (Å²) in [5.41, 5.74) is 1.47. The summed E-state index contributed by atoms with van der Waals surface area (Å²) in [7, 11) is -3.64. The van der Waals surface area contributed by atoms with Crippen LogP contribution in [0.15, 0.2) is 34.5 Å². The summed E-state index contributed by atoms with van der Waals surface area (Å²) in [4.78, 5) is 30.0. The lowest BCUT2D eigenvalue weighted by molar-refractivity contribution is -0.129. The number of unbranched alkanes of at least 4 members (excludes halogenated alkanes) is 1. The molecule has 1 fully saturated rings. The van der Waals surface area contributed by atoms with Crippen LogP contribution >= 0.6 is 11.3 Å². The van der Waals surface area contributed by atoms with Gasteiger partial charge in [-0.15, -0.1) is 11.3 Å². The van der Waals surface area contributed by atoms with Crippen LogP contribution in [-0.2, 0) is 21.2 Å². The fourth-order valence-electron chi connectivity index (χ4n) is 3.39. The van der Waals surface area contributed by atoms with Crippen LogP contribution in [0.25, 0.3) is 0 Å². The molecule has 0 bridgehead atoms. The number of amides is 2. The molecule has 8 nitrogen and oxygen atoms in total. The minimum absolute atomic E-state index is 0.0503. The Hall–Kier alpha value is -2.30. The monoisotopic (exact) mass is 464 g/mol. The minimum atomic E-state index is -3.64. The van der Waals surface area contributed by atoms with E-state index in [0.29, 0.717) is 25.2 Å². The first-order valence-corrected chi connectivity index (χ1v) is 12.6. The molecule has 1 saturated heterocycles. The lowest BCUT2D eigenvalue weighted by atomic mass is 10.2. The molecule has 2 heterocycles. The van der Waals surface area contributed by atoms with E-state index in [0.717, 1.165) is 30.0 Å². The molecule has 1 N–H and O–H groups in total. The van der Waals surface area contributed by atoms with Crippen molar-refractivity contribution in [3.05, 3.63) is 45.9 Å². The van der Waals surface area contributed by atoms with Crippen LogP contribution in [0.2, 0.25) is 0 Å². The van der Waals surface area contributed by atoms with Crippen LogP contribution in [-0.4, -0.2) is 67.1 Å². The maximum atomic E-state index is 12.8. The van der Waals surface area contributed by atoms with E-state index in [1.165, 1.54) is 35.5 Å². The summed E-state index contributed by atoms with van der Waals surface area (Å²) < 4.78 is 27.0. The zero-order valence-electron chi connectivity index (χ0n) is 17.8. The van der Waals surface area contributed by atoms with Crippen LogP contribution < -0.4 is 5.32 Å². The first-order chi connectivity index (χ1) is 14.8. The Morgan fingerprint density at radius 3 is 2.35 bits per heavy atom. The fraction of sp³-hybridized carbons (Fsp3) is 0.476. The van der Waals surface area contributed by atoms with Gasteiger partial charge in [-0.3, -0.25) is 9.59 Å². The highest BCUT2D eigenvalue weighted by Gasteiger charge is 2.29. The molecule has 1 aromatic carbocycles. The van der Waals surface area contributed by atoms with Crippen molar-refractivity contribution < 1.29 is 18.0 Å². The van der Waals surface area contributed by atoms with Gasteiger partial charge in [0.2, 0.25) is 15.9 Å². The Bertz CT molecular complexity index is 1010. The van der Waals surface area contributed by atoms with E-state index >= 15 is 0 Å². The molecule has 1 aromatic heterocycles. The van der Waals surface area contributed by atoms with Gasteiger partial charge >= 0.3 is 0 Å². The first-order valence-electron chi connectivity index (χ1n) is 10.3. The first kappa shape index (κ1) is 23.4. The molecule has 0 unspecified atom stereocenters. The second-order valence-electron chi connectivity index (χ2n) is 7.53. The van der Waals surface area contributed by atoms with Crippen LogP contribution in [0, 0.1) is 6.92 Å². The van der Waals surface area contributed by atoms with Crippen molar-refractivity contribution in [3.63, 3.8) is 0 Å². The van der Waals surface area contributed by atoms with Crippen molar-refractivity contribution in [2.24, 2.45) is 0 Å². The normalized spacial score (nSPS) is 15.1. The Labute approximate surface area is 187 Å². The predicted molar refractivity (Wildman–Crippen MR) is 120 cm³/mol. The van der Waals surface area contributed by atoms with Crippen LogP contribution in [0.1, 0.15) is 40.8 Å². The third-order valence-electron chi connectivity index (χ3n) is 5.21. The van der Waals surface area contributed by atoms with E-state index in [1.54, 1.807) is 16.2 Å². The molecule has 0 aliphatic carbocycles. The number of carbonyl (C=O) groups excluding carboxylic acids is 2. The number of nitrogens with zero attached hydrogens (tertiary/aromatic N) is 3. The fourth-order valence-corrected chi connectivity index (χ4v) is 5.63. The minimum Gasteiger partial charge on any atom is -0.352 e. The smallest absolute Gasteiger partial charge is 0.251 e. The molecular formula is C21H28N4O4S2. The highest BCUT2D eigenvalue weighted by atomic mass is 32.2. The van der Waals surface area contributed by atoms with Gasteiger partial charge in [0.05, 0.1) is 9.90 Å². The second kappa shape index (κ2) is 10.3. The van der Waals surface area contributed by atoms with Gasteiger partial charge in [0, 0.05) is 56.3 Å². The third kappa shape index (κ3) is 6.11. The van der Waals surface area contributed by atoms with Crippen molar-refractivity contribution >= 4 is 33.2 Å². The summed E-state index contributed by atoms with van der Waals surface area (Å²) >= 11 is 1.66. The van der Waals surface area contributed by atoms with Gasteiger partial charge in [-0.25, -0.2) is 13.4 Å². The molecular weight excluding hydrogens is 436 g/mol. The topological polar surface area (TPSA) is 99.7 Å². The van der Waals surface area contributed by atoms with Crippen LogP contribution in [0.3, 0.4) is 0 Å². The molecule has 31 heavy (non-hydrogen) atoms. The molecule has 0 saturated carbocycles. The number of hydrogen-bond acceptors (Lipinski definition) is 6. The van der Waals surface area contributed by atoms with Crippen molar-refractivity contribution in [1.29, 1.82) is 0 Å². The Morgan fingerprint density at radius 2 is 1.77 bits per heavy atom. The molecule has 0 atom stereocenters. The molecule has 10 heteroatoms. The van der Waals surface area contributed by atoms with E-state index in [2.05, 4.69) is 10.3 Å². The van der Waals surface area contributed by atoms with Gasteiger partial charge in [-0.05, 0) is 50.5 Å². The van der Waals surface area contributed by atoms with Gasteiger partial charge < -0.3 is 10.2 Å². The SMILES string of the molecule is CC(=O)N1CCN(S(=O)(=O)c2ccc(C(=O)NCCCCc3nc(C)cs3)cc2)CC1. The van der Waals surface area contributed by atoms with Gasteiger partial charge in [0.15, 0.2) is 0 Å². The number of aromatic nitrogens is 1. The Kier molecular flexibility index (Phi) is 7.79. The number of rotatable bonds is 8. The van der Waals surface area contributed by atoms with Gasteiger partial charge in [0.25, 0.3) is 5.91 Å². The van der Waals surface area contributed by atoms with Gasteiger partial charge in [0.1, 0.15) is 0 Å². The van der Waals surface area contributed by atoms with Crippen molar-refractivity contribution in [1.82, 2.24) is 19.5 Å². The second-order valence-corrected chi connectivity index (χ2v) is 10.4. The van der Waals surface area contributed by atoms with Crippen molar-refractivity contribution in [3.8, 4) is 0 Å². The zero-order chi connectivity index (χ0) is 22.4. The van der Waals surface area contributed by atoms with Crippen molar-refractivity contribution in [2.75, 3.05) is 32.7 Å². The summed E-state index contributed by atoms with van der Waals surface area (Å²) in [6, 6.07) is 6.00. The highest BCUT2D eigenvalue weighted by molar-refractivity contribution is 7.89. The predicted octanol–water partition coefficient (Wildman–Crippen LogP) is 2.06. The molecule has 2 amide bonds. The molecule has 3 rings (SSSR count). The summed E-state index contributed by atoms with van der Waals surface area (Å²) in [5.74, 6) is -0.269.